The molecule has 2 rings (SSSR count). The zero-order valence-electron chi connectivity index (χ0n) is 13.0. The van der Waals surface area contributed by atoms with Gasteiger partial charge >= 0.3 is 6.09 Å². The second-order valence-corrected chi connectivity index (χ2v) is 6.38. The van der Waals surface area contributed by atoms with Gasteiger partial charge in [-0.3, -0.25) is 0 Å². The zero-order valence-corrected chi connectivity index (χ0v) is 13.0. The van der Waals surface area contributed by atoms with Crippen molar-refractivity contribution in [1.29, 1.82) is 0 Å². The SMILES string of the molecule is C[C@@H]1C[C@@H](Oc2ccc(N)nc2)CN1C(=O)OC(C)(C)C. The number of carbonyl (C=O) groups excluding carboxylic acids is 1. The molecule has 6 heteroatoms. The van der Waals surface area contributed by atoms with Crippen LogP contribution in [0.25, 0.3) is 0 Å². The minimum Gasteiger partial charge on any atom is -0.487 e. The molecule has 1 amide bonds. The Morgan fingerprint density at radius 2 is 2.14 bits per heavy atom. The van der Waals surface area contributed by atoms with Crippen molar-refractivity contribution < 1.29 is 14.3 Å². The summed E-state index contributed by atoms with van der Waals surface area (Å²) in [4.78, 5) is 17.8. The van der Waals surface area contributed by atoms with Crippen LogP contribution in [0.2, 0.25) is 0 Å². The molecule has 0 unspecified atom stereocenters. The van der Waals surface area contributed by atoms with Crippen molar-refractivity contribution in [2.75, 3.05) is 12.3 Å². The maximum Gasteiger partial charge on any atom is 0.410 e. The predicted octanol–water partition coefficient (Wildman–Crippen LogP) is 2.44. The van der Waals surface area contributed by atoms with Crippen LogP contribution in [0.5, 0.6) is 5.75 Å². The third kappa shape index (κ3) is 4.24. The van der Waals surface area contributed by atoms with E-state index in [2.05, 4.69) is 4.98 Å². The van der Waals surface area contributed by atoms with Crippen LogP contribution in [-0.4, -0.2) is 40.3 Å². The van der Waals surface area contributed by atoms with Crippen LogP contribution in [0, 0.1) is 0 Å². The highest BCUT2D eigenvalue weighted by molar-refractivity contribution is 5.69. The standard InChI is InChI=1S/C15H23N3O3/c1-10-7-12(20-11-5-6-13(16)17-8-11)9-18(10)14(19)21-15(2,3)4/h5-6,8,10,12H,7,9H2,1-4H3,(H2,16,17)/t10-,12-/m1/s1. The number of hydrogen-bond donors (Lipinski definition) is 1. The smallest absolute Gasteiger partial charge is 0.410 e. The van der Waals surface area contributed by atoms with Crippen molar-refractivity contribution in [3.8, 4) is 5.75 Å². The molecule has 1 aromatic heterocycles. The van der Waals surface area contributed by atoms with E-state index in [0.29, 0.717) is 18.1 Å². The van der Waals surface area contributed by atoms with Crippen LogP contribution in [0.15, 0.2) is 18.3 Å². The van der Waals surface area contributed by atoms with E-state index in [1.165, 1.54) is 0 Å². The molecular weight excluding hydrogens is 270 g/mol. The van der Waals surface area contributed by atoms with Crippen molar-refractivity contribution >= 4 is 11.9 Å². The average Bonchev–Trinajstić information content (AvgIpc) is 2.71. The number of ether oxygens (including phenoxy) is 2. The van der Waals surface area contributed by atoms with Crippen molar-refractivity contribution in [1.82, 2.24) is 9.88 Å². The Labute approximate surface area is 125 Å². The van der Waals surface area contributed by atoms with Crippen LogP contribution >= 0.6 is 0 Å². The van der Waals surface area contributed by atoms with Crippen molar-refractivity contribution in [2.24, 2.45) is 0 Å². The van der Waals surface area contributed by atoms with E-state index in [1.807, 2.05) is 27.7 Å². The fourth-order valence-corrected chi connectivity index (χ4v) is 2.30. The Balaban J connectivity index is 1.94. The molecule has 116 valence electrons. The maximum atomic E-state index is 12.1. The summed E-state index contributed by atoms with van der Waals surface area (Å²) in [6.07, 6.45) is 2.01. The molecule has 2 atom stereocenters. The van der Waals surface area contributed by atoms with Gasteiger partial charge in [-0.2, -0.15) is 0 Å². The first-order valence-electron chi connectivity index (χ1n) is 7.12. The van der Waals surface area contributed by atoms with Gasteiger partial charge in [-0.25, -0.2) is 9.78 Å². The minimum atomic E-state index is -0.489. The van der Waals surface area contributed by atoms with Gasteiger partial charge in [0.2, 0.25) is 0 Å². The molecule has 0 aromatic carbocycles. The second kappa shape index (κ2) is 5.79. The summed E-state index contributed by atoms with van der Waals surface area (Å²) in [6.45, 7) is 8.09. The van der Waals surface area contributed by atoms with E-state index in [0.717, 1.165) is 6.42 Å². The zero-order chi connectivity index (χ0) is 15.6. The summed E-state index contributed by atoms with van der Waals surface area (Å²) < 4.78 is 11.3. The van der Waals surface area contributed by atoms with Gasteiger partial charge in [0.15, 0.2) is 0 Å². The number of rotatable bonds is 2. The third-order valence-electron chi connectivity index (χ3n) is 3.23. The highest BCUT2D eigenvalue weighted by atomic mass is 16.6. The average molecular weight is 293 g/mol. The number of nitrogen functional groups attached to an aromatic ring is 1. The van der Waals surface area contributed by atoms with Gasteiger partial charge in [-0.05, 0) is 39.8 Å². The van der Waals surface area contributed by atoms with E-state index >= 15 is 0 Å². The lowest BCUT2D eigenvalue weighted by Crippen LogP contribution is -2.39. The monoisotopic (exact) mass is 293 g/mol. The van der Waals surface area contributed by atoms with Crippen molar-refractivity contribution in [3.05, 3.63) is 18.3 Å². The Morgan fingerprint density at radius 3 is 2.71 bits per heavy atom. The Kier molecular flexibility index (Phi) is 4.25. The molecular formula is C15H23N3O3. The van der Waals surface area contributed by atoms with Crippen LogP contribution in [0.1, 0.15) is 34.1 Å². The Hall–Kier alpha value is -1.98. The van der Waals surface area contributed by atoms with Crippen LogP contribution < -0.4 is 10.5 Å². The second-order valence-electron chi connectivity index (χ2n) is 6.38. The van der Waals surface area contributed by atoms with Gasteiger partial charge in [-0.1, -0.05) is 0 Å². The quantitative estimate of drug-likeness (QED) is 0.906. The van der Waals surface area contributed by atoms with Crippen LogP contribution in [0.4, 0.5) is 10.6 Å². The number of carbonyl (C=O) groups is 1. The first kappa shape index (κ1) is 15.4. The summed E-state index contributed by atoms with van der Waals surface area (Å²) in [6, 6.07) is 3.56. The molecule has 2 N–H and O–H groups in total. The van der Waals surface area contributed by atoms with Crippen molar-refractivity contribution in [3.63, 3.8) is 0 Å². The van der Waals surface area contributed by atoms with Gasteiger partial charge in [-0.15, -0.1) is 0 Å². The highest BCUT2D eigenvalue weighted by Gasteiger charge is 2.36. The molecule has 0 radical (unpaired) electrons. The summed E-state index contributed by atoms with van der Waals surface area (Å²) in [5.74, 6) is 1.12. The van der Waals surface area contributed by atoms with E-state index in [-0.39, 0.29) is 18.2 Å². The Morgan fingerprint density at radius 1 is 1.43 bits per heavy atom. The van der Waals surface area contributed by atoms with E-state index in [4.69, 9.17) is 15.2 Å². The van der Waals surface area contributed by atoms with Crippen LogP contribution in [0.3, 0.4) is 0 Å². The molecule has 0 bridgehead atoms. The summed E-state index contributed by atoms with van der Waals surface area (Å²) in [5, 5.41) is 0. The van der Waals surface area contributed by atoms with Crippen molar-refractivity contribution in [2.45, 2.75) is 51.9 Å². The first-order valence-corrected chi connectivity index (χ1v) is 7.12. The van der Waals surface area contributed by atoms with Crippen LogP contribution in [-0.2, 0) is 4.74 Å². The number of aromatic nitrogens is 1. The highest BCUT2D eigenvalue weighted by Crippen LogP contribution is 2.24. The lowest BCUT2D eigenvalue weighted by molar-refractivity contribution is 0.0224. The fourth-order valence-electron chi connectivity index (χ4n) is 2.30. The van der Waals surface area contributed by atoms with Gasteiger partial charge in [0.05, 0.1) is 12.7 Å². The van der Waals surface area contributed by atoms with Gasteiger partial charge < -0.3 is 20.1 Å². The lowest BCUT2D eigenvalue weighted by atomic mass is 10.2. The summed E-state index contributed by atoms with van der Waals surface area (Å²) >= 11 is 0. The molecule has 1 aliphatic heterocycles. The number of likely N-dealkylation sites (tertiary alicyclic amines) is 1. The third-order valence-corrected chi connectivity index (χ3v) is 3.23. The number of nitrogens with zero attached hydrogens (tertiary/aromatic N) is 2. The van der Waals surface area contributed by atoms with E-state index in [9.17, 15) is 4.79 Å². The molecule has 0 spiro atoms. The Bertz CT molecular complexity index is 496. The molecule has 0 saturated carbocycles. The molecule has 1 aliphatic rings. The number of nitrogens with two attached hydrogens (primary N) is 1. The maximum absolute atomic E-state index is 12.1. The predicted molar refractivity (Wildman–Crippen MR) is 80.1 cm³/mol. The normalized spacial score (nSPS) is 22.2. The molecule has 1 aromatic rings. The summed E-state index contributed by atoms with van der Waals surface area (Å²) in [5.41, 5.74) is 5.05. The number of pyridine rings is 1. The van der Waals surface area contributed by atoms with E-state index in [1.54, 1.807) is 23.2 Å². The molecule has 6 nitrogen and oxygen atoms in total. The first-order chi connectivity index (χ1) is 9.74. The van der Waals surface area contributed by atoms with Gasteiger partial charge in [0.25, 0.3) is 0 Å². The molecule has 21 heavy (non-hydrogen) atoms. The molecule has 1 fully saturated rings. The minimum absolute atomic E-state index is 0.0575. The van der Waals surface area contributed by atoms with Gasteiger partial charge in [0, 0.05) is 12.5 Å². The van der Waals surface area contributed by atoms with E-state index < -0.39 is 5.60 Å². The largest absolute Gasteiger partial charge is 0.487 e. The van der Waals surface area contributed by atoms with Gasteiger partial charge in [0.1, 0.15) is 23.3 Å². The molecule has 0 aliphatic carbocycles. The molecule has 1 saturated heterocycles. The lowest BCUT2D eigenvalue weighted by Gasteiger charge is -2.26. The number of hydrogen-bond acceptors (Lipinski definition) is 5. The molecule has 2 heterocycles. The number of anilines is 1. The topological polar surface area (TPSA) is 77.7 Å². The summed E-state index contributed by atoms with van der Waals surface area (Å²) in [7, 11) is 0. The number of amides is 1. The fraction of sp³-hybridized carbons (Fsp3) is 0.600.